The van der Waals surface area contributed by atoms with E-state index in [4.69, 9.17) is 0 Å². The zero-order valence-corrected chi connectivity index (χ0v) is 16.0. The Bertz CT molecular complexity index is 1160. The molecule has 0 spiro atoms. The molecule has 4 rings (SSSR count). The van der Waals surface area contributed by atoms with Gasteiger partial charge in [0.15, 0.2) is 5.82 Å². The zero-order chi connectivity index (χ0) is 20.1. The molecular weight excluding hydrogens is 362 g/mol. The second kappa shape index (κ2) is 8.39. The number of hydrogen-bond donors (Lipinski definition) is 3. The predicted octanol–water partition coefficient (Wildman–Crippen LogP) is 4.70. The maximum absolute atomic E-state index is 10.2. The molecule has 0 saturated heterocycles. The van der Waals surface area contributed by atoms with Crippen LogP contribution in [0.1, 0.15) is 16.8 Å². The van der Waals surface area contributed by atoms with Crippen LogP contribution in [0.3, 0.4) is 0 Å². The molecule has 0 atom stereocenters. The third kappa shape index (κ3) is 4.50. The Hall–Kier alpha value is -3.93. The first-order chi connectivity index (χ1) is 14.2. The predicted molar refractivity (Wildman–Crippen MR) is 117 cm³/mol. The first-order valence-corrected chi connectivity index (χ1v) is 9.32. The summed E-state index contributed by atoms with van der Waals surface area (Å²) in [4.78, 5) is 8.87. The molecule has 1 heterocycles. The number of aromatic hydroxyl groups is 1. The highest BCUT2D eigenvalue weighted by Crippen LogP contribution is 2.25. The normalized spacial score (nSPS) is 11.1. The van der Waals surface area contributed by atoms with Gasteiger partial charge in [-0.1, -0.05) is 60.7 Å². The van der Waals surface area contributed by atoms with Gasteiger partial charge in [-0.05, 0) is 29.3 Å². The van der Waals surface area contributed by atoms with Crippen LogP contribution in [-0.2, 0) is 6.54 Å². The van der Waals surface area contributed by atoms with Crippen molar-refractivity contribution in [2.45, 2.75) is 13.5 Å². The van der Waals surface area contributed by atoms with Gasteiger partial charge >= 0.3 is 0 Å². The molecule has 3 N–H and O–H groups in total. The molecular formula is C23H21N5O. The smallest absolute Gasteiger partial charge is 0.225 e. The summed E-state index contributed by atoms with van der Waals surface area (Å²) in [5.74, 6) is 1.28. The van der Waals surface area contributed by atoms with E-state index in [0.717, 1.165) is 22.0 Å². The average molecular weight is 383 g/mol. The van der Waals surface area contributed by atoms with Crippen molar-refractivity contribution in [3.8, 4) is 5.75 Å². The van der Waals surface area contributed by atoms with Crippen LogP contribution < -0.4 is 10.7 Å². The topological polar surface area (TPSA) is 82.4 Å². The standard InChI is InChI=1S/C23H21N5O/c1-16-13-22(27-23(26-16)24-14-17-7-3-2-4-8-17)28-25-15-20-19-10-6-5-9-18(19)11-12-21(20)29/h2-13,15,29H,14H2,1H3,(H2,24,26,27,28)/b25-15-. The Kier molecular flexibility index (Phi) is 5.33. The van der Waals surface area contributed by atoms with Crippen LogP contribution in [0.25, 0.3) is 10.8 Å². The van der Waals surface area contributed by atoms with Crippen LogP contribution in [0, 0.1) is 6.92 Å². The minimum absolute atomic E-state index is 0.179. The van der Waals surface area contributed by atoms with Crippen molar-refractivity contribution in [3.05, 3.63) is 89.6 Å². The summed E-state index contributed by atoms with van der Waals surface area (Å²) in [6, 6.07) is 23.3. The lowest BCUT2D eigenvalue weighted by Crippen LogP contribution is -2.06. The van der Waals surface area contributed by atoms with Crippen LogP contribution in [0.15, 0.2) is 77.9 Å². The summed E-state index contributed by atoms with van der Waals surface area (Å²) in [7, 11) is 0. The highest BCUT2D eigenvalue weighted by molar-refractivity contribution is 6.02. The Morgan fingerprint density at radius 2 is 1.76 bits per heavy atom. The molecule has 29 heavy (non-hydrogen) atoms. The number of phenolic OH excluding ortho intramolecular Hbond substituents is 1. The molecule has 0 bridgehead atoms. The third-order valence-electron chi connectivity index (χ3n) is 4.47. The Morgan fingerprint density at radius 1 is 0.966 bits per heavy atom. The molecule has 0 aliphatic carbocycles. The number of phenols is 1. The summed E-state index contributed by atoms with van der Waals surface area (Å²) in [6.07, 6.45) is 1.60. The number of aromatic nitrogens is 2. The molecule has 144 valence electrons. The highest BCUT2D eigenvalue weighted by atomic mass is 16.3. The Balaban J connectivity index is 1.50. The summed E-state index contributed by atoms with van der Waals surface area (Å²) in [5, 5.41) is 19.7. The van der Waals surface area contributed by atoms with E-state index >= 15 is 0 Å². The van der Waals surface area contributed by atoms with E-state index in [2.05, 4.69) is 25.8 Å². The quantitative estimate of drug-likeness (QED) is 0.332. The second-order valence-electron chi connectivity index (χ2n) is 6.65. The molecule has 6 heteroatoms. The molecule has 0 aliphatic rings. The van der Waals surface area contributed by atoms with Crippen molar-refractivity contribution in [1.82, 2.24) is 9.97 Å². The highest BCUT2D eigenvalue weighted by Gasteiger charge is 2.05. The van der Waals surface area contributed by atoms with Gasteiger partial charge in [0, 0.05) is 23.9 Å². The molecule has 0 fully saturated rings. The van der Waals surface area contributed by atoms with Crippen molar-refractivity contribution in [2.24, 2.45) is 5.10 Å². The summed E-state index contributed by atoms with van der Waals surface area (Å²) >= 11 is 0. The Labute approximate surface area is 169 Å². The number of anilines is 2. The largest absolute Gasteiger partial charge is 0.507 e. The van der Waals surface area contributed by atoms with Crippen molar-refractivity contribution in [1.29, 1.82) is 0 Å². The number of fused-ring (bicyclic) bond motifs is 1. The fraction of sp³-hybridized carbons (Fsp3) is 0.0870. The van der Waals surface area contributed by atoms with Crippen molar-refractivity contribution in [2.75, 3.05) is 10.7 Å². The minimum atomic E-state index is 0.179. The lowest BCUT2D eigenvalue weighted by atomic mass is 10.0. The average Bonchev–Trinajstić information content (AvgIpc) is 2.74. The van der Waals surface area contributed by atoms with E-state index in [-0.39, 0.29) is 5.75 Å². The second-order valence-corrected chi connectivity index (χ2v) is 6.65. The third-order valence-corrected chi connectivity index (χ3v) is 4.47. The van der Waals surface area contributed by atoms with Crippen molar-refractivity contribution >= 4 is 28.8 Å². The molecule has 6 nitrogen and oxygen atoms in total. The van der Waals surface area contributed by atoms with Gasteiger partial charge in [0.2, 0.25) is 5.95 Å². The van der Waals surface area contributed by atoms with Gasteiger partial charge in [0.1, 0.15) is 5.75 Å². The number of rotatable bonds is 6. The molecule has 0 aliphatic heterocycles. The first-order valence-electron chi connectivity index (χ1n) is 9.32. The first kappa shape index (κ1) is 18.4. The maximum Gasteiger partial charge on any atom is 0.225 e. The van der Waals surface area contributed by atoms with Crippen LogP contribution in [0.2, 0.25) is 0 Å². The lowest BCUT2D eigenvalue weighted by molar-refractivity contribution is 0.475. The van der Waals surface area contributed by atoms with E-state index in [1.165, 1.54) is 0 Å². The van der Waals surface area contributed by atoms with E-state index in [1.54, 1.807) is 12.3 Å². The summed E-state index contributed by atoms with van der Waals surface area (Å²) in [6.45, 7) is 2.54. The van der Waals surface area contributed by atoms with Gasteiger partial charge in [-0.25, -0.2) is 4.98 Å². The molecule has 0 unspecified atom stereocenters. The zero-order valence-electron chi connectivity index (χ0n) is 16.0. The molecule has 0 amide bonds. The van der Waals surface area contributed by atoms with Crippen molar-refractivity contribution in [3.63, 3.8) is 0 Å². The van der Waals surface area contributed by atoms with E-state index in [1.807, 2.05) is 73.7 Å². The van der Waals surface area contributed by atoms with E-state index in [0.29, 0.717) is 23.9 Å². The number of benzene rings is 3. The SMILES string of the molecule is Cc1cc(N/N=C\c2c(O)ccc3ccccc23)nc(NCc2ccccc2)n1. The fourth-order valence-corrected chi connectivity index (χ4v) is 3.06. The van der Waals surface area contributed by atoms with Crippen LogP contribution >= 0.6 is 0 Å². The van der Waals surface area contributed by atoms with Gasteiger partial charge in [-0.2, -0.15) is 10.1 Å². The molecule has 4 aromatic rings. The number of hydrazone groups is 1. The monoisotopic (exact) mass is 383 g/mol. The van der Waals surface area contributed by atoms with Gasteiger partial charge < -0.3 is 10.4 Å². The molecule has 0 saturated carbocycles. The van der Waals surface area contributed by atoms with Crippen LogP contribution in [0.4, 0.5) is 11.8 Å². The van der Waals surface area contributed by atoms with Crippen LogP contribution in [-0.4, -0.2) is 21.3 Å². The Morgan fingerprint density at radius 3 is 2.62 bits per heavy atom. The molecule has 0 radical (unpaired) electrons. The van der Waals surface area contributed by atoms with Gasteiger partial charge in [-0.3, -0.25) is 5.43 Å². The number of aryl methyl sites for hydroxylation is 1. The van der Waals surface area contributed by atoms with Gasteiger partial charge in [0.05, 0.1) is 6.21 Å². The number of hydrogen-bond acceptors (Lipinski definition) is 6. The number of nitrogens with one attached hydrogen (secondary N) is 2. The van der Waals surface area contributed by atoms with Gasteiger partial charge in [0.25, 0.3) is 0 Å². The lowest BCUT2D eigenvalue weighted by Gasteiger charge is -2.08. The summed E-state index contributed by atoms with van der Waals surface area (Å²) in [5.41, 5.74) is 5.56. The molecule has 3 aromatic carbocycles. The van der Waals surface area contributed by atoms with Gasteiger partial charge in [-0.15, -0.1) is 0 Å². The summed E-state index contributed by atoms with van der Waals surface area (Å²) < 4.78 is 0. The van der Waals surface area contributed by atoms with Crippen molar-refractivity contribution < 1.29 is 5.11 Å². The number of nitrogens with zero attached hydrogens (tertiary/aromatic N) is 3. The van der Waals surface area contributed by atoms with E-state index in [9.17, 15) is 5.11 Å². The molecule has 1 aromatic heterocycles. The maximum atomic E-state index is 10.2. The van der Waals surface area contributed by atoms with Crippen LogP contribution in [0.5, 0.6) is 5.75 Å². The van der Waals surface area contributed by atoms with E-state index < -0.39 is 0 Å². The fourth-order valence-electron chi connectivity index (χ4n) is 3.06. The minimum Gasteiger partial charge on any atom is -0.507 e.